The van der Waals surface area contributed by atoms with Crippen molar-refractivity contribution in [2.45, 2.75) is 19.3 Å². The van der Waals surface area contributed by atoms with E-state index < -0.39 is 0 Å². The maximum atomic E-state index is 13.5. The molecule has 1 fully saturated rings. The molecule has 0 N–H and O–H groups in total. The fourth-order valence-electron chi connectivity index (χ4n) is 4.53. The second-order valence-corrected chi connectivity index (χ2v) is 8.53. The van der Waals surface area contributed by atoms with Gasteiger partial charge in [0, 0.05) is 30.9 Å². The van der Waals surface area contributed by atoms with Crippen molar-refractivity contribution in [1.82, 2.24) is 24.0 Å². The van der Waals surface area contributed by atoms with Crippen LogP contribution in [-0.4, -0.2) is 43.0 Å². The van der Waals surface area contributed by atoms with E-state index >= 15 is 0 Å². The third kappa shape index (κ3) is 3.76. The molecule has 5 aromatic rings. The predicted molar refractivity (Wildman–Crippen MR) is 125 cm³/mol. The van der Waals surface area contributed by atoms with Crippen molar-refractivity contribution in [1.29, 1.82) is 0 Å². The molecule has 4 aromatic heterocycles. The van der Waals surface area contributed by atoms with E-state index in [-0.39, 0.29) is 17.5 Å². The summed E-state index contributed by atoms with van der Waals surface area (Å²) in [6.07, 6.45) is 5.59. The average Bonchev–Trinajstić information content (AvgIpc) is 3.45. The van der Waals surface area contributed by atoms with Crippen molar-refractivity contribution < 1.29 is 13.9 Å². The first-order valence-corrected chi connectivity index (χ1v) is 11.3. The summed E-state index contributed by atoms with van der Waals surface area (Å²) in [5.74, 6) is -0.0549. The summed E-state index contributed by atoms with van der Waals surface area (Å²) in [6, 6.07) is 15.9. The summed E-state index contributed by atoms with van der Waals surface area (Å²) in [5, 5.41) is 4.80. The van der Waals surface area contributed by atoms with Gasteiger partial charge in [-0.05, 0) is 61.4 Å². The van der Waals surface area contributed by atoms with Gasteiger partial charge in [-0.1, -0.05) is 6.07 Å². The van der Waals surface area contributed by atoms with Crippen LogP contribution in [0.15, 0.2) is 67.0 Å². The van der Waals surface area contributed by atoms with E-state index in [0.29, 0.717) is 42.4 Å². The molecule has 0 bridgehead atoms. The van der Waals surface area contributed by atoms with Gasteiger partial charge in [-0.25, -0.2) is 18.9 Å². The molecular weight excluding hydrogens is 433 g/mol. The number of halogens is 1. The lowest BCUT2D eigenvalue weighted by Crippen LogP contribution is -2.24. The first-order valence-electron chi connectivity index (χ1n) is 11.3. The van der Waals surface area contributed by atoms with Crippen LogP contribution in [0.2, 0.25) is 0 Å². The topological polar surface area (TPSA) is 73.8 Å². The Balaban J connectivity index is 1.39. The molecule has 0 amide bonds. The zero-order valence-corrected chi connectivity index (χ0v) is 18.4. The smallest absolute Gasteiger partial charge is 0.153 e. The minimum atomic E-state index is -0.296. The SMILES string of the molecule is O=C(Cc1cn2nc(-c3c(-c4ccc(F)cc4)nc4ccccn34)ccc2n1)C1CCOCC1. The fourth-order valence-corrected chi connectivity index (χ4v) is 4.53. The molecule has 6 rings (SSSR count). The number of benzene rings is 1. The molecule has 34 heavy (non-hydrogen) atoms. The molecular formula is C26H22FN5O2. The normalized spacial score (nSPS) is 14.7. The minimum Gasteiger partial charge on any atom is -0.381 e. The van der Waals surface area contributed by atoms with Crippen LogP contribution in [0.5, 0.6) is 0 Å². The molecule has 1 saturated heterocycles. The number of rotatable bonds is 5. The van der Waals surface area contributed by atoms with Crippen LogP contribution in [0.25, 0.3) is 33.9 Å². The van der Waals surface area contributed by atoms with Gasteiger partial charge < -0.3 is 4.74 Å². The van der Waals surface area contributed by atoms with Crippen LogP contribution in [-0.2, 0) is 16.0 Å². The number of nitrogens with zero attached hydrogens (tertiary/aromatic N) is 5. The molecule has 0 radical (unpaired) electrons. The fraction of sp³-hybridized carbons (Fsp3) is 0.231. The van der Waals surface area contributed by atoms with E-state index in [1.807, 2.05) is 47.1 Å². The minimum absolute atomic E-state index is 0.0403. The Kier molecular flexibility index (Phi) is 5.15. The lowest BCUT2D eigenvalue weighted by atomic mass is 9.93. The Labute approximate surface area is 194 Å². The molecule has 170 valence electrons. The second-order valence-electron chi connectivity index (χ2n) is 8.53. The summed E-state index contributed by atoms with van der Waals surface area (Å²) >= 11 is 0. The Morgan fingerprint density at radius 2 is 1.82 bits per heavy atom. The van der Waals surface area contributed by atoms with Crippen LogP contribution in [0.4, 0.5) is 4.39 Å². The molecule has 0 aliphatic carbocycles. The quantitative estimate of drug-likeness (QED) is 0.393. The average molecular weight is 455 g/mol. The number of Topliss-reactive ketones (excluding diaryl/α,β-unsaturated/α-hetero) is 1. The van der Waals surface area contributed by atoms with Crippen LogP contribution in [0, 0.1) is 11.7 Å². The highest BCUT2D eigenvalue weighted by Crippen LogP contribution is 2.32. The highest BCUT2D eigenvalue weighted by Gasteiger charge is 2.23. The molecule has 1 aromatic carbocycles. The number of ether oxygens (including phenoxy) is 1. The number of hydrogen-bond acceptors (Lipinski definition) is 5. The van der Waals surface area contributed by atoms with Crippen molar-refractivity contribution in [3.8, 4) is 22.6 Å². The van der Waals surface area contributed by atoms with Crippen LogP contribution in [0.3, 0.4) is 0 Å². The molecule has 1 aliphatic heterocycles. The number of fused-ring (bicyclic) bond motifs is 2. The van der Waals surface area contributed by atoms with Gasteiger partial charge in [0.15, 0.2) is 5.65 Å². The molecule has 5 heterocycles. The van der Waals surface area contributed by atoms with Crippen molar-refractivity contribution in [3.63, 3.8) is 0 Å². The van der Waals surface area contributed by atoms with E-state index in [9.17, 15) is 9.18 Å². The number of pyridine rings is 1. The predicted octanol–water partition coefficient (Wildman–Crippen LogP) is 4.39. The summed E-state index contributed by atoms with van der Waals surface area (Å²) in [5.41, 5.74) is 5.17. The standard InChI is InChI=1S/C26H22FN5O2/c27-19-6-4-18(5-7-19)25-26(31-12-2-1-3-23(31)29-25)21-8-9-24-28-20(16-32(24)30-21)15-22(33)17-10-13-34-14-11-17/h1-9,12,16-17H,10-11,13-15H2. The molecule has 8 heteroatoms. The number of hydrogen-bond donors (Lipinski definition) is 0. The molecule has 0 unspecified atom stereocenters. The summed E-state index contributed by atoms with van der Waals surface area (Å²) in [7, 11) is 0. The van der Waals surface area contributed by atoms with Gasteiger partial charge in [0.25, 0.3) is 0 Å². The zero-order valence-electron chi connectivity index (χ0n) is 18.4. The molecule has 0 atom stereocenters. The zero-order chi connectivity index (χ0) is 23.1. The van der Waals surface area contributed by atoms with Crippen LogP contribution < -0.4 is 0 Å². The maximum Gasteiger partial charge on any atom is 0.153 e. The maximum absolute atomic E-state index is 13.5. The number of carbonyl (C=O) groups excluding carboxylic acids is 1. The van der Waals surface area contributed by atoms with E-state index in [4.69, 9.17) is 14.8 Å². The van der Waals surface area contributed by atoms with E-state index in [1.165, 1.54) is 12.1 Å². The van der Waals surface area contributed by atoms with Crippen molar-refractivity contribution in [2.75, 3.05) is 13.2 Å². The third-order valence-electron chi connectivity index (χ3n) is 6.29. The Morgan fingerprint density at radius 3 is 2.65 bits per heavy atom. The first-order chi connectivity index (χ1) is 16.7. The van der Waals surface area contributed by atoms with Gasteiger partial charge in [-0.15, -0.1) is 0 Å². The third-order valence-corrected chi connectivity index (χ3v) is 6.29. The summed E-state index contributed by atoms with van der Waals surface area (Å²) in [4.78, 5) is 22.1. The second kappa shape index (κ2) is 8.46. The molecule has 0 saturated carbocycles. The Morgan fingerprint density at radius 1 is 1.00 bits per heavy atom. The van der Waals surface area contributed by atoms with Gasteiger partial charge in [0.05, 0.1) is 24.0 Å². The first kappa shape index (κ1) is 20.7. The Hall–Kier alpha value is -3.91. The van der Waals surface area contributed by atoms with Crippen molar-refractivity contribution in [3.05, 3.63) is 78.5 Å². The highest BCUT2D eigenvalue weighted by atomic mass is 19.1. The van der Waals surface area contributed by atoms with Gasteiger partial charge >= 0.3 is 0 Å². The molecule has 1 aliphatic rings. The molecule has 7 nitrogen and oxygen atoms in total. The highest BCUT2D eigenvalue weighted by molar-refractivity contribution is 5.83. The lowest BCUT2D eigenvalue weighted by molar-refractivity contribution is -0.125. The number of ketones is 1. The van der Waals surface area contributed by atoms with Gasteiger partial charge in [0.2, 0.25) is 0 Å². The van der Waals surface area contributed by atoms with Gasteiger partial charge in [-0.2, -0.15) is 5.10 Å². The monoisotopic (exact) mass is 455 g/mol. The number of carbonyl (C=O) groups is 1. The van der Waals surface area contributed by atoms with E-state index in [1.54, 1.807) is 16.6 Å². The van der Waals surface area contributed by atoms with Gasteiger partial charge in [-0.3, -0.25) is 9.20 Å². The van der Waals surface area contributed by atoms with E-state index in [0.717, 1.165) is 29.7 Å². The van der Waals surface area contributed by atoms with Gasteiger partial charge in [0.1, 0.15) is 28.6 Å². The molecule has 0 spiro atoms. The van der Waals surface area contributed by atoms with Crippen molar-refractivity contribution >= 4 is 17.1 Å². The Bertz CT molecular complexity index is 1500. The lowest BCUT2D eigenvalue weighted by Gasteiger charge is -2.20. The summed E-state index contributed by atoms with van der Waals surface area (Å²) in [6.45, 7) is 1.28. The van der Waals surface area contributed by atoms with Crippen molar-refractivity contribution in [2.24, 2.45) is 5.92 Å². The summed E-state index contributed by atoms with van der Waals surface area (Å²) < 4.78 is 22.6. The number of imidazole rings is 2. The van der Waals surface area contributed by atoms with E-state index in [2.05, 4.69) is 4.98 Å². The number of aromatic nitrogens is 5. The van der Waals surface area contributed by atoms with Crippen LogP contribution in [0.1, 0.15) is 18.5 Å². The largest absolute Gasteiger partial charge is 0.381 e. The van der Waals surface area contributed by atoms with Crippen LogP contribution >= 0.6 is 0 Å².